The van der Waals surface area contributed by atoms with Gasteiger partial charge in [0, 0.05) is 5.92 Å². The van der Waals surface area contributed by atoms with E-state index in [2.05, 4.69) is 98.8 Å². The van der Waals surface area contributed by atoms with E-state index in [1.807, 2.05) is 13.0 Å². The lowest BCUT2D eigenvalue weighted by Crippen LogP contribution is -2.56. The molecule has 0 aromatic heterocycles. The molecule has 7 atom stereocenters. The van der Waals surface area contributed by atoms with Crippen molar-refractivity contribution in [3.63, 3.8) is 0 Å². The second kappa shape index (κ2) is 20.1. The van der Waals surface area contributed by atoms with Crippen molar-refractivity contribution < 1.29 is 24.1 Å². The number of carbonyl (C=O) groups excluding carboxylic acids is 1. The van der Waals surface area contributed by atoms with Gasteiger partial charge in [0.15, 0.2) is 0 Å². The zero-order valence-electron chi connectivity index (χ0n) is 34.1. The molecule has 6 rings (SSSR count). The first-order valence-corrected chi connectivity index (χ1v) is 21.8. The van der Waals surface area contributed by atoms with Crippen LogP contribution in [0, 0.1) is 23.2 Å². The lowest BCUT2D eigenvalue weighted by atomic mass is 9.49. The average molecular weight is 749 g/mol. The van der Waals surface area contributed by atoms with Crippen LogP contribution in [0.3, 0.4) is 0 Å². The fourth-order valence-corrected chi connectivity index (χ4v) is 10.7. The Balaban J connectivity index is 1.12. The number of esters is 1. The Hall–Kier alpha value is -3.41. The highest BCUT2D eigenvalue weighted by Gasteiger charge is 2.62. The van der Waals surface area contributed by atoms with Gasteiger partial charge >= 0.3 is 5.97 Å². The molecule has 0 heterocycles. The van der Waals surface area contributed by atoms with E-state index in [0.29, 0.717) is 38.1 Å². The fraction of sp³-hybridized carbons (Fsp3) is 0.580. The molecule has 0 amide bonds. The Morgan fingerprint density at radius 2 is 1.55 bits per heavy atom. The number of hydrogen-bond acceptors (Lipinski definition) is 5. The van der Waals surface area contributed by atoms with Gasteiger partial charge in [-0.15, -0.1) is 0 Å². The van der Waals surface area contributed by atoms with Crippen molar-refractivity contribution >= 4 is 5.97 Å². The Kier molecular flexibility index (Phi) is 15.1. The predicted molar refractivity (Wildman–Crippen MR) is 223 cm³/mol. The highest BCUT2D eigenvalue weighted by atomic mass is 16.5. The molecule has 5 nitrogen and oxygen atoms in total. The summed E-state index contributed by atoms with van der Waals surface area (Å²) in [5, 5.41) is 13.1. The van der Waals surface area contributed by atoms with E-state index in [-0.39, 0.29) is 29.3 Å². The molecule has 3 aromatic carbocycles. The minimum Gasteiger partial charge on any atom is -0.489 e. The lowest BCUT2D eigenvalue weighted by Gasteiger charge is -2.58. The minimum atomic E-state index is -0.864. The van der Waals surface area contributed by atoms with Crippen molar-refractivity contribution in [2.24, 2.45) is 23.2 Å². The molecule has 0 radical (unpaired) electrons. The van der Waals surface area contributed by atoms with E-state index in [1.165, 1.54) is 36.0 Å². The normalized spacial score (nSPS) is 26.3. The number of unbranched alkanes of at least 4 members (excludes halogenated alkanes) is 6. The Labute approximate surface area is 332 Å². The van der Waals surface area contributed by atoms with Crippen LogP contribution in [0.2, 0.25) is 0 Å². The summed E-state index contributed by atoms with van der Waals surface area (Å²) in [6.45, 7) is 8.18. The molecular weight excluding hydrogens is 681 g/mol. The minimum absolute atomic E-state index is 0.0101. The molecule has 0 saturated heterocycles. The number of hydrogen-bond donors (Lipinski definition) is 1. The van der Waals surface area contributed by atoms with Crippen molar-refractivity contribution in [3.05, 3.63) is 113 Å². The molecule has 3 aliphatic carbocycles. The summed E-state index contributed by atoms with van der Waals surface area (Å²) < 4.78 is 18.5. The van der Waals surface area contributed by atoms with Crippen molar-refractivity contribution in [1.29, 1.82) is 0 Å². The van der Waals surface area contributed by atoms with Gasteiger partial charge in [-0.2, -0.15) is 0 Å². The zero-order valence-corrected chi connectivity index (χ0v) is 34.1. The number of ether oxygens (including phenoxy) is 3. The quantitative estimate of drug-likeness (QED) is 0.0667. The number of aryl methyl sites for hydroxylation is 1. The molecule has 2 saturated carbocycles. The highest BCUT2D eigenvalue weighted by molar-refractivity contribution is 5.72. The molecule has 298 valence electrons. The number of benzene rings is 3. The summed E-state index contributed by atoms with van der Waals surface area (Å²) >= 11 is 0. The van der Waals surface area contributed by atoms with Crippen molar-refractivity contribution in [3.8, 4) is 5.75 Å². The smallest absolute Gasteiger partial charge is 0.308 e. The summed E-state index contributed by atoms with van der Waals surface area (Å²) in [5.74, 6) is 1.96. The van der Waals surface area contributed by atoms with E-state index in [0.717, 1.165) is 88.4 Å². The maximum absolute atomic E-state index is 13.1. The zero-order chi connectivity index (χ0) is 38.5. The maximum atomic E-state index is 13.1. The van der Waals surface area contributed by atoms with E-state index in [9.17, 15) is 9.90 Å². The van der Waals surface area contributed by atoms with Gasteiger partial charge in [0.2, 0.25) is 0 Å². The van der Waals surface area contributed by atoms with Crippen LogP contribution >= 0.6 is 0 Å². The SMILES string of the molecule is CCCCCCC(CCCCC/C=C/C[C@]1(O)C[C@@]2(C)C(CC[C@@H]2OCc2ccccc2)C2CCc3cc(OCc4ccccc4)ccc3C21)C(=O)OCC. The van der Waals surface area contributed by atoms with Gasteiger partial charge < -0.3 is 19.3 Å². The number of allylic oxidation sites excluding steroid dienone is 1. The van der Waals surface area contributed by atoms with Gasteiger partial charge in [0.1, 0.15) is 12.4 Å². The first-order chi connectivity index (χ1) is 26.8. The summed E-state index contributed by atoms with van der Waals surface area (Å²) in [4.78, 5) is 12.6. The molecule has 1 N–H and O–H groups in total. The van der Waals surface area contributed by atoms with Crippen LogP contribution in [0.25, 0.3) is 0 Å². The van der Waals surface area contributed by atoms with Crippen LogP contribution in [0.4, 0.5) is 0 Å². The average Bonchev–Trinajstić information content (AvgIpc) is 3.53. The topological polar surface area (TPSA) is 65.0 Å². The standard InChI is InChI=1S/C50H68O5/c1-4-6-7-18-25-40(48(51)53-5-2)26-19-10-8-9-11-20-33-50(52)37-49(3)45(31-32-46(49)55-36-39-23-16-13-17-24-39)44-29-27-41-34-42(28-30-43(41)47(44)50)54-35-38-21-14-12-15-22-38/h11-17,20-24,28,30,34,40,44-47,52H,4-10,18-19,25-27,29,31-33,35-37H2,1-3H3/b20-11+/t40?,44?,45?,46-,47?,49-,50-/m0/s1. The van der Waals surface area contributed by atoms with Crippen LogP contribution in [0.15, 0.2) is 91.0 Å². The molecular formula is C50H68O5. The molecule has 5 heteroatoms. The Morgan fingerprint density at radius 1 is 0.836 bits per heavy atom. The van der Waals surface area contributed by atoms with E-state index < -0.39 is 5.60 Å². The number of fused-ring (bicyclic) bond motifs is 5. The highest BCUT2D eigenvalue weighted by Crippen LogP contribution is 2.65. The first kappa shape index (κ1) is 41.2. The molecule has 3 aromatic rings. The third kappa shape index (κ3) is 10.5. The monoisotopic (exact) mass is 749 g/mol. The van der Waals surface area contributed by atoms with Crippen LogP contribution < -0.4 is 4.74 Å². The summed E-state index contributed by atoms with van der Waals surface area (Å²) in [5.41, 5.74) is 4.08. The molecule has 3 aliphatic rings. The first-order valence-electron chi connectivity index (χ1n) is 21.8. The van der Waals surface area contributed by atoms with Gasteiger partial charge in [0.05, 0.1) is 30.8 Å². The van der Waals surface area contributed by atoms with Gasteiger partial charge in [0.25, 0.3) is 0 Å². The van der Waals surface area contributed by atoms with Crippen LogP contribution in [-0.4, -0.2) is 29.4 Å². The molecule has 0 spiro atoms. The van der Waals surface area contributed by atoms with E-state index >= 15 is 0 Å². The number of carbonyl (C=O) groups is 1. The van der Waals surface area contributed by atoms with Gasteiger partial charge in [-0.3, -0.25) is 4.79 Å². The largest absolute Gasteiger partial charge is 0.489 e. The Bertz CT molecular complexity index is 1640. The van der Waals surface area contributed by atoms with E-state index in [4.69, 9.17) is 14.2 Å². The van der Waals surface area contributed by atoms with Crippen molar-refractivity contribution in [1.82, 2.24) is 0 Å². The molecule has 4 unspecified atom stereocenters. The van der Waals surface area contributed by atoms with E-state index in [1.54, 1.807) is 0 Å². The fourth-order valence-electron chi connectivity index (χ4n) is 10.7. The van der Waals surface area contributed by atoms with Crippen LogP contribution in [-0.2, 0) is 33.9 Å². The van der Waals surface area contributed by atoms with Crippen LogP contribution in [0.1, 0.15) is 145 Å². The maximum Gasteiger partial charge on any atom is 0.308 e. The summed E-state index contributed by atoms with van der Waals surface area (Å²) in [6, 6.07) is 27.5. The summed E-state index contributed by atoms with van der Waals surface area (Å²) in [7, 11) is 0. The summed E-state index contributed by atoms with van der Waals surface area (Å²) in [6.07, 6.45) is 21.3. The second-order valence-electron chi connectivity index (χ2n) is 17.2. The number of aliphatic hydroxyl groups is 1. The van der Waals surface area contributed by atoms with Crippen molar-refractivity contribution in [2.75, 3.05) is 6.61 Å². The molecule has 0 aliphatic heterocycles. The second-order valence-corrected chi connectivity index (χ2v) is 17.2. The number of rotatable bonds is 21. The van der Waals surface area contributed by atoms with Crippen LogP contribution in [0.5, 0.6) is 5.75 Å². The third-order valence-corrected chi connectivity index (χ3v) is 13.4. The van der Waals surface area contributed by atoms with Gasteiger partial charge in [-0.25, -0.2) is 0 Å². The molecule has 2 fully saturated rings. The Morgan fingerprint density at radius 3 is 2.25 bits per heavy atom. The predicted octanol–water partition coefficient (Wildman–Crippen LogP) is 12.1. The molecule has 0 bridgehead atoms. The van der Waals surface area contributed by atoms with Gasteiger partial charge in [-0.05, 0) is 123 Å². The van der Waals surface area contributed by atoms with Gasteiger partial charge in [-0.1, -0.05) is 131 Å². The third-order valence-electron chi connectivity index (χ3n) is 13.4. The molecule has 55 heavy (non-hydrogen) atoms. The van der Waals surface area contributed by atoms with Crippen molar-refractivity contribution in [2.45, 2.75) is 154 Å². The lowest BCUT2D eigenvalue weighted by molar-refractivity contribution is -0.151.